The molecule has 0 radical (unpaired) electrons. The molecule has 0 atom stereocenters. The van der Waals surface area contributed by atoms with E-state index in [1.807, 2.05) is 6.07 Å². The van der Waals surface area contributed by atoms with Gasteiger partial charge >= 0.3 is 0 Å². The van der Waals surface area contributed by atoms with Crippen LogP contribution in [-0.2, 0) is 4.74 Å². The summed E-state index contributed by atoms with van der Waals surface area (Å²) in [5.74, 6) is 0.773. The molecule has 2 rings (SSSR count). The number of methoxy groups -OCH3 is 1. The van der Waals surface area contributed by atoms with Crippen molar-refractivity contribution >= 4 is 11.5 Å². The molecule has 1 aromatic rings. The Kier molecular flexibility index (Phi) is 3.53. The molecule has 1 saturated heterocycles. The number of nitrogens with one attached hydrogen (secondary N) is 1. The van der Waals surface area contributed by atoms with Gasteiger partial charge in [0.1, 0.15) is 0 Å². The van der Waals surface area contributed by atoms with Gasteiger partial charge in [0.25, 0.3) is 0 Å². The van der Waals surface area contributed by atoms with Gasteiger partial charge in [-0.25, -0.2) is 0 Å². The molecule has 1 aliphatic rings. The second-order valence-electron chi connectivity index (χ2n) is 3.88. The minimum atomic E-state index is 0.290. The zero-order valence-electron chi connectivity index (χ0n) is 9.39. The van der Waals surface area contributed by atoms with Gasteiger partial charge in [-0.1, -0.05) is 0 Å². The molecule has 0 amide bonds. The summed E-state index contributed by atoms with van der Waals surface area (Å²) in [4.78, 5) is 2.18. The Labute approximate surface area is 94.8 Å². The van der Waals surface area contributed by atoms with Crippen LogP contribution < -0.4 is 16.0 Å². The lowest BCUT2D eigenvalue weighted by Gasteiger charge is -2.38. The Morgan fingerprint density at radius 2 is 2.44 bits per heavy atom. The molecule has 2 heterocycles. The zero-order valence-corrected chi connectivity index (χ0v) is 9.39. The summed E-state index contributed by atoms with van der Waals surface area (Å²) >= 11 is 0. The third-order valence-corrected chi connectivity index (χ3v) is 2.53. The molecule has 88 valence electrons. The Hall–Kier alpha value is -1.40. The molecule has 0 aliphatic carbocycles. The SMILES string of the molecule is COCCNc1cc(N2CC(N)C2)cnn1. The molecule has 1 aliphatic heterocycles. The number of hydrogen-bond donors (Lipinski definition) is 2. The second-order valence-corrected chi connectivity index (χ2v) is 3.88. The lowest BCUT2D eigenvalue weighted by Crippen LogP contribution is -2.55. The summed E-state index contributed by atoms with van der Waals surface area (Å²) in [7, 11) is 1.67. The van der Waals surface area contributed by atoms with Crippen LogP contribution in [0.2, 0.25) is 0 Å². The number of nitrogens with two attached hydrogens (primary N) is 1. The van der Waals surface area contributed by atoms with Crippen molar-refractivity contribution in [3.8, 4) is 0 Å². The highest BCUT2D eigenvalue weighted by Gasteiger charge is 2.23. The van der Waals surface area contributed by atoms with E-state index in [4.69, 9.17) is 10.5 Å². The second kappa shape index (κ2) is 5.09. The molecule has 0 spiro atoms. The van der Waals surface area contributed by atoms with E-state index in [1.54, 1.807) is 13.3 Å². The van der Waals surface area contributed by atoms with Gasteiger partial charge in [-0.2, -0.15) is 5.10 Å². The first-order valence-electron chi connectivity index (χ1n) is 5.35. The van der Waals surface area contributed by atoms with E-state index in [-0.39, 0.29) is 6.04 Å². The number of anilines is 2. The van der Waals surface area contributed by atoms with Crippen LogP contribution in [0, 0.1) is 0 Å². The lowest BCUT2D eigenvalue weighted by molar-refractivity contribution is 0.210. The van der Waals surface area contributed by atoms with Crippen molar-refractivity contribution in [2.75, 3.05) is 43.6 Å². The minimum Gasteiger partial charge on any atom is -0.383 e. The summed E-state index contributed by atoms with van der Waals surface area (Å²) in [5, 5.41) is 11.1. The fourth-order valence-electron chi connectivity index (χ4n) is 1.62. The summed E-state index contributed by atoms with van der Waals surface area (Å²) in [6.45, 7) is 3.17. The molecule has 6 nitrogen and oxygen atoms in total. The third-order valence-electron chi connectivity index (χ3n) is 2.53. The monoisotopic (exact) mass is 223 g/mol. The van der Waals surface area contributed by atoms with Gasteiger partial charge < -0.3 is 20.7 Å². The van der Waals surface area contributed by atoms with Gasteiger partial charge in [-0.15, -0.1) is 5.10 Å². The molecular formula is C10H17N5O. The predicted molar refractivity (Wildman–Crippen MR) is 62.6 cm³/mol. The first-order chi connectivity index (χ1) is 7.79. The Morgan fingerprint density at radius 1 is 1.62 bits per heavy atom. The van der Waals surface area contributed by atoms with Gasteiger partial charge in [-0.05, 0) is 0 Å². The summed E-state index contributed by atoms with van der Waals surface area (Å²) in [6, 6.07) is 2.27. The van der Waals surface area contributed by atoms with Crippen LogP contribution in [0.5, 0.6) is 0 Å². The highest BCUT2D eigenvalue weighted by molar-refractivity contribution is 5.54. The van der Waals surface area contributed by atoms with Crippen molar-refractivity contribution in [2.45, 2.75) is 6.04 Å². The molecule has 3 N–H and O–H groups in total. The van der Waals surface area contributed by atoms with E-state index >= 15 is 0 Å². The summed E-state index contributed by atoms with van der Waals surface area (Å²) in [5.41, 5.74) is 6.80. The van der Waals surface area contributed by atoms with E-state index in [1.165, 1.54) is 0 Å². The molecule has 16 heavy (non-hydrogen) atoms. The third kappa shape index (κ3) is 2.59. The van der Waals surface area contributed by atoms with Crippen LogP contribution >= 0.6 is 0 Å². The molecule has 0 unspecified atom stereocenters. The van der Waals surface area contributed by atoms with Crippen LogP contribution in [0.4, 0.5) is 11.5 Å². The van der Waals surface area contributed by atoms with Crippen LogP contribution in [0.25, 0.3) is 0 Å². The number of hydrogen-bond acceptors (Lipinski definition) is 6. The number of aromatic nitrogens is 2. The fraction of sp³-hybridized carbons (Fsp3) is 0.600. The van der Waals surface area contributed by atoms with Crippen LogP contribution in [-0.4, -0.2) is 49.6 Å². The van der Waals surface area contributed by atoms with Gasteiger partial charge in [0.05, 0.1) is 18.5 Å². The minimum absolute atomic E-state index is 0.290. The smallest absolute Gasteiger partial charge is 0.150 e. The maximum absolute atomic E-state index is 5.73. The van der Waals surface area contributed by atoms with Crippen LogP contribution in [0.15, 0.2) is 12.3 Å². The standard InChI is InChI=1S/C10H17N5O/c1-16-3-2-12-10-4-9(5-13-14-10)15-6-8(11)7-15/h4-5,8H,2-3,6-7,11H2,1H3,(H,12,14). The first-order valence-corrected chi connectivity index (χ1v) is 5.35. The molecule has 0 aromatic carbocycles. The maximum atomic E-state index is 5.73. The van der Waals surface area contributed by atoms with Crippen molar-refractivity contribution < 1.29 is 4.74 Å². The van der Waals surface area contributed by atoms with Crippen molar-refractivity contribution in [1.29, 1.82) is 0 Å². The number of ether oxygens (including phenoxy) is 1. The number of rotatable bonds is 5. The molecule has 0 saturated carbocycles. The predicted octanol–water partition coefficient (Wildman–Crippen LogP) is -0.318. The van der Waals surface area contributed by atoms with Crippen molar-refractivity contribution in [1.82, 2.24) is 10.2 Å². The van der Waals surface area contributed by atoms with Gasteiger partial charge in [0, 0.05) is 38.9 Å². The average Bonchev–Trinajstić information content (AvgIpc) is 2.26. The van der Waals surface area contributed by atoms with E-state index in [2.05, 4.69) is 20.4 Å². The molecule has 1 aromatic heterocycles. The topological polar surface area (TPSA) is 76.3 Å². The van der Waals surface area contributed by atoms with Crippen LogP contribution in [0.3, 0.4) is 0 Å². The Balaban J connectivity index is 1.91. The van der Waals surface area contributed by atoms with Gasteiger partial charge in [-0.3, -0.25) is 0 Å². The van der Waals surface area contributed by atoms with Crippen molar-refractivity contribution in [3.63, 3.8) is 0 Å². The molecule has 0 bridgehead atoms. The van der Waals surface area contributed by atoms with E-state index in [0.29, 0.717) is 6.61 Å². The van der Waals surface area contributed by atoms with E-state index < -0.39 is 0 Å². The maximum Gasteiger partial charge on any atom is 0.150 e. The number of nitrogens with zero attached hydrogens (tertiary/aromatic N) is 3. The quantitative estimate of drug-likeness (QED) is 0.666. The molecular weight excluding hydrogens is 206 g/mol. The highest BCUT2D eigenvalue weighted by atomic mass is 16.5. The lowest BCUT2D eigenvalue weighted by atomic mass is 10.1. The summed E-state index contributed by atoms with van der Waals surface area (Å²) in [6.07, 6.45) is 1.76. The van der Waals surface area contributed by atoms with Crippen LogP contribution in [0.1, 0.15) is 0 Å². The Bertz CT molecular complexity index is 340. The van der Waals surface area contributed by atoms with E-state index in [0.717, 1.165) is 31.1 Å². The highest BCUT2D eigenvalue weighted by Crippen LogP contribution is 2.20. The first kappa shape index (κ1) is 11.1. The normalized spacial score (nSPS) is 16.0. The average molecular weight is 223 g/mol. The van der Waals surface area contributed by atoms with E-state index in [9.17, 15) is 0 Å². The summed E-state index contributed by atoms with van der Waals surface area (Å²) < 4.78 is 4.95. The van der Waals surface area contributed by atoms with Gasteiger partial charge in [0.2, 0.25) is 0 Å². The van der Waals surface area contributed by atoms with Crippen molar-refractivity contribution in [3.05, 3.63) is 12.3 Å². The zero-order chi connectivity index (χ0) is 11.4. The molecule has 1 fully saturated rings. The Morgan fingerprint density at radius 3 is 3.12 bits per heavy atom. The largest absolute Gasteiger partial charge is 0.383 e. The molecule has 6 heteroatoms. The van der Waals surface area contributed by atoms with Crippen molar-refractivity contribution in [2.24, 2.45) is 5.73 Å². The fourth-order valence-corrected chi connectivity index (χ4v) is 1.62. The van der Waals surface area contributed by atoms with Gasteiger partial charge in [0.15, 0.2) is 5.82 Å².